The average molecular weight is 308 g/mol. The Balaban J connectivity index is 1.89. The van der Waals surface area contributed by atoms with Crippen molar-refractivity contribution < 1.29 is 8.42 Å². The van der Waals surface area contributed by atoms with Gasteiger partial charge >= 0.3 is 0 Å². The van der Waals surface area contributed by atoms with Crippen molar-refractivity contribution in [2.45, 2.75) is 44.0 Å². The van der Waals surface area contributed by atoms with E-state index in [1.807, 2.05) is 19.1 Å². The van der Waals surface area contributed by atoms with Crippen LogP contribution in [-0.4, -0.2) is 21.5 Å². The third-order valence-electron chi connectivity index (χ3n) is 3.69. The number of hydrogen-bond donors (Lipinski definition) is 2. The highest BCUT2D eigenvalue weighted by atomic mass is 32.2. The molecule has 0 heterocycles. The summed E-state index contributed by atoms with van der Waals surface area (Å²) in [6.07, 6.45) is 6.49. The number of benzene rings is 1. The molecule has 1 aromatic carbocycles. The minimum absolute atomic E-state index is 0.336. The fourth-order valence-corrected chi connectivity index (χ4v) is 3.48. The highest BCUT2D eigenvalue weighted by Gasteiger charge is 2.13. The van der Waals surface area contributed by atoms with Crippen molar-refractivity contribution in [1.82, 2.24) is 10.0 Å². The molecule has 0 aliphatic heterocycles. The minimum Gasteiger partial charge on any atom is -0.313 e. The lowest BCUT2D eigenvalue weighted by atomic mass is 10.2. The molecule has 0 bridgehead atoms. The number of nitrogens with one attached hydrogen (secondary N) is 2. The molecule has 0 aromatic heterocycles. The molecule has 21 heavy (non-hydrogen) atoms. The summed E-state index contributed by atoms with van der Waals surface area (Å²) in [5.41, 5.74) is 2.46. The van der Waals surface area contributed by atoms with Gasteiger partial charge in [-0.25, -0.2) is 13.1 Å². The van der Waals surface area contributed by atoms with Crippen LogP contribution < -0.4 is 10.0 Å². The van der Waals surface area contributed by atoms with Crippen LogP contribution in [0.15, 0.2) is 40.8 Å². The summed E-state index contributed by atoms with van der Waals surface area (Å²) in [4.78, 5) is 0.336. The standard InChI is InChI=1S/C16H24N2O2S/c1-2-17-13-15-7-9-16(10-8-15)21(19,20)18-12-11-14-5-3-4-6-14/h5,7-10,17-18H,2-4,6,11-13H2,1H3. The van der Waals surface area contributed by atoms with Crippen molar-refractivity contribution in [3.8, 4) is 0 Å². The molecule has 116 valence electrons. The maximum atomic E-state index is 12.2. The molecule has 2 rings (SSSR count). The number of rotatable bonds is 8. The summed E-state index contributed by atoms with van der Waals surface area (Å²) in [6, 6.07) is 7.06. The molecule has 1 aliphatic carbocycles. The lowest BCUT2D eigenvalue weighted by Crippen LogP contribution is -2.25. The van der Waals surface area contributed by atoms with Crippen molar-refractivity contribution in [1.29, 1.82) is 0 Å². The van der Waals surface area contributed by atoms with Gasteiger partial charge < -0.3 is 5.32 Å². The molecule has 0 atom stereocenters. The van der Waals surface area contributed by atoms with Crippen LogP contribution in [0.2, 0.25) is 0 Å². The second kappa shape index (κ2) is 7.73. The van der Waals surface area contributed by atoms with E-state index in [0.29, 0.717) is 11.4 Å². The van der Waals surface area contributed by atoms with Crippen LogP contribution in [0.25, 0.3) is 0 Å². The van der Waals surface area contributed by atoms with Gasteiger partial charge in [0.25, 0.3) is 0 Å². The third kappa shape index (κ3) is 4.95. The molecule has 0 unspecified atom stereocenters. The molecular weight excluding hydrogens is 284 g/mol. The van der Waals surface area contributed by atoms with E-state index < -0.39 is 10.0 Å². The zero-order chi connectivity index (χ0) is 15.1. The van der Waals surface area contributed by atoms with Gasteiger partial charge in [-0.1, -0.05) is 30.7 Å². The van der Waals surface area contributed by atoms with Gasteiger partial charge in [0.15, 0.2) is 0 Å². The third-order valence-corrected chi connectivity index (χ3v) is 5.16. The highest BCUT2D eigenvalue weighted by Crippen LogP contribution is 2.20. The maximum absolute atomic E-state index is 12.2. The van der Waals surface area contributed by atoms with Gasteiger partial charge in [0.2, 0.25) is 10.0 Å². The SMILES string of the molecule is CCNCc1ccc(S(=O)(=O)NCCC2=CCCC2)cc1. The largest absolute Gasteiger partial charge is 0.313 e. The Morgan fingerprint density at radius 2 is 1.95 bits per heavy atom. The molecule has 0 saturated carbocycles. The Bertz CT molecular complexity index is 577. The molecule has 0 spiro atoms. The van der Waals surface area contributed by atoms with Crippen LogP contribution in [0.4, 0.5) is 0 Å². The first-order valence-electron chi connectivity index (χ1n) is 7.59. The Labute approximate surface area is 127 Å². The zero-order valence-corrected chi connectivity index (χ0v) is 13.4. The van der Waals surface area contributed by atoms with E-state index in [0.717, 1.165) is 37.9 Å². The quantitative estimate of drug-likeness (QED) is 0.726. The number of allylic oxidation sites excluding steroid dienone is 1. The summed E-state index contributed by atoms with van der Waals surface area (Å²) >= 11 is 0. The molecule has 1 aliphatic rings. The lowest BCUT2D eigenvalue weighted by molar-refractivity contribution is 0.581. The lowest BCUT2D eigenvalue weighted by Gasteiger charge is -2.08. The van der Waals surface area contributed by atoms with Crippen LogP contribution >= 0.6 is 0 Å². The van der Waals surface area contributed by atoms with Crippen LogP contribution in [0.3, 0.4) is 0 Å². The average Bonchev–Trinajstić information content (AvgIpc) is 2.98. The summed E-state index contributed by atoms with van der Waals surface area (Å²) in [7, 11) is -3.39. The van der Waals surface area contributed by atoms with Gasteiger partial charge in [-0.15, -0.1) is 0 Å². The van der Waals surface area contributed by atoms with E-state index in [1.165, 1.54) is 12.0 Å². The fourth-order valence-electron chi connectivity index (χ4n) is 2.45. The van der Waals surface area contributed by atoms with Gasteiger partial charge in [-0.05, 0) is 49.9 Å². The first-order chi connectivity index (χ1) is 10.1. The minimum atomic E-state index is -3.39. The second-order valence-corrected chi connectivity index (χ2v) is 7.09. The summed E-state index contributed by atoms with van der Waals surface area (Å²) < 4.78 is 27.1. The highest BCUT2D eigenvalue weighted by molar-refractivity contribution is 7.89. The van der Waals surface area contributed by atoms with Crippen LogP contribution in [0.5, 0.6) is 0 Å². The molecule has 1 aromatic rings. The van der Waals surface area contributed by atoms with Gasteiger partial charge in [0.05, 0.1) is 4.90 Å². The molecular formula is C16H24N2O2S. The Morgan fingerprint density at radius 1 is 1.19 bits per heavy atom. The van der Waals surface area contributed by atoms with Crippen molar-refractivity contribution in [3.63, 3.8) is 0 Å². The van der Waals surface area contributed by atoms with Crippen molar-refractivity contribution in [2.75, 3.05) is 13.1 Å². The Hall–Kier alpha value is -1.17. The van der Waals surface area contributed by atoms with Crippen molar-refractivity contribution in [2.24, 2.45) is 0 Å². The maximum Gasteiger partial charge on any atom is 0.240 e. The molecule has 0 saturated heterocycles. The predicted molar refractivity (Wildman–Crippen MR) is 85.6 cm³/mol. The van der Waals surface area contributed by atoms with E-state index in [2.05, 4.69) is 16.1 Å². The molecule has 5 heteroatoms. The molecule has 2 N–H and O–H groups in total. The van der Waals surface area contributed by atoms with E-state index in [-0.39, 0.29) is 0 Å². The summed E-state index contributed by atoms with van der Waals surface area (Å²) in [6.45, 7) is 4.19. The molecule has 4 nitrogen and oxygen atoms in total. The topological polar surface area (TPSA) is 58.2 Å². The Kier molecular flexibility index (Phi) is 5.96. The van der Waals surface area contributed by atoms with Crippen molar-refractivity contribution in [3.05, 3.63) is 41.5 Å². The van der Waals surface area contributed by atoms with Crippen LogP contribution in [0, 0.1) is 0 Å². The van der Waals surface area contributed by atoms with Crippen LogP contribution in [0.1, 0.15) is 38.2 Å². The smallest absolute Gasteiger partial charge is 0.240 e. The van der Waals surface area contributed by atoms with Gasteiger partial charge in [0.1, 0.15) is 0 Å². The molecule has 0 radical (unpaired) electrons. The van der Waals surface area contributed by atoms with E-state index in [4.69, 9.17) is 0 Å². The second-order valence-electron chi connectivity index (χ2n) is 5.33. The van der Waals surface area contributed by atoms with E-state index >= 15 is 0 Å². The fraction of sp³-hybridized carbons (Fsp3) is 0.500. The van der Waals surface area contributed by atoms with Gasteiger partial charge in [0, 0.05) is 13.1 Å². The molecule has 0 fully saturated rings. The number of sulfonamides is 1. The normalized spacial score (nSPS) is 15.2. The predicted octanol–water partition coefficient (Wildman–Crippen LogP) is 2.57. The zero-order valence-electron chi connectivity index (χ0n) is 12.6. The molecule has 0 amide bonds. The first-order valence-corrected chi connectivity index (χ1v) is 9.07. The van der Waals surface area contributed by atoms with Gasteiger partial charge in [-0.2, -0.15) is 0 Å². The van der Waals surface area contributed by atoms with Crippen molar-refractivity contribution >= 4 is 10.0 Å². The van der Waals surface area contributed by atoms with Crippen LogP contribution in [-0.2, 0) is 16.6 Å². The summed E-state index contributed by atoms with van der Waals surface area (Å²) in [5.74, 6) is 0. The monoisotopic (exact) mass is 308 g/mol. The number of hydrogen-bond acceptors (Lipinski definition) is 3. The van der Waals surface area contributed by atoms with E-state index in [9.17, 15) is 8.42 Å². The Morgan fingerprint density at radius 3 is 2.57 bits per heavy atom. The van der Waals surface area contributed by atoms with Gasteiger partial charge in [-0.3, -0.25) is 0 Å². The van der Waals surface area contributed by atoms with E-state index in [1.54, 1.807) is 12.1 Å². The summed E-state index contributed by atoms with van der Waals surface area (Å²) in [5, 5.41) is 3.22. The first kappa shape index (κ1) is 16.2.